The SMILES string of the molecule is O=C1C=C(c2ccccc2)CC(c2ccccc2)C1C(=O)Nc1ccccc1. The van der Waals surface area contributed by atoms with Gasteiger partial charge in [-0.3, -0.25) is 9.59 Å². The summed E-state index contributed by atoms with van der Waals surface area (Å²) >= 11 is 0. The van der Waals surface area contributed by atoms with Gasteiger partial charge in [-0.15, -0.1) is 0 Å². The van der Waals surface area contributed by atoms with Crippen molar-refractivity contribution in [1.82, 2.24) is 0 Å². The summed E-state index contributed by atoms with van der Waals surface area (Å²) in [4.78, 5) is 26.1. The summed E-state index contributed by atoms with van der Waals surface area (Å²) in [6, 6.07) is 29.0. The fourth-order valence-electron chi connectivity index (χ4n) is 3.79. The second-order valence-corrected chi connectivity index (χ2v) is 6.99. The Labute approximate surface area is 164 Å². The lowest BCUT2D eigenvalue weighted by atomic mass is 9.73. The average Bonchev–Trinajstić information content (AvgIpc) is 2.75. The van der Waals surface area contributed by atoms with Crippen molar-refractivity contribution in [3.8, 4) is 0 Å². The number of para-hydroxylation sites is 1. The first-order valence-corrected chi connectivity index (χ1v) is 9.43. The molecule has 3 heteroatoms. The third-order valence-electron chi connectivity index (χ3n) is 5.16. The van der Waals surface area contributed by atoms with E-state index >= 15 is 0 Å². The van der Waals surface area contributed by atoms with Crippen LogP contribution in [0.3, 0.4) is 0 Å². The summed E-state index contributed by atoms with van der Waals surface area (Å²) in [7, 11) is 0. The Kier molecular flexibility index (Phi) is 5.16. The maximum absolute atomic E-state index is 13.1. The van der Waals surface area contributed by atoms with Gasteiger partial charge in [-0.1, -0.05) is 78.9 Å². The highest BCUT2D eigenvalue weighted by Crippen LogP contribution is 2.40. The summed E-state index contributed by atoms with van der Waals surface area (Å²) in [6.45, 7) is 0. The first-order chi connectivity index (χ1) is 13.7. The summed E-state index contributed by atoms with van der Waals surface area (Å²) < 4.78 is 0. The molecule has 0 aliphatic heterocycles. The molecule has 2 atom stereocenters. The molecule has 1 amide bonds. The number of hydrogen-bond acceptors (Lipinski definition) is 2. The molecule has 0 spiro atoms. The number of carbonyl (C=O) groups is 2. The zero-order valence-corrected chi connectivity index (χ0v) is 15.4. The third-order valence-corrected chi connectivity index (χ3v) is 5.16. The Balaban J connectivity index is 1.69. The first kappa shape index (κ1) is 17.9. The molecule has 2 unspecified atom stereocenters. The molecule has 138 valence electrons. The summed E-state index contributed by atoms with van der Waals surface area (Å²) in [5.41, 5.74) is 3.71. The number of benzene rings is 3. The second kappa shape index (κ2) is 8.05. The molecule has 0 aromatic heterocycles. The van der Waals surface area contributed by atoms with E-state index in [9.17, 15) is 9.59 Å². The minimum atomic E-state index is -0.741. The Morgan fingerprint density at radius 1 is 0.786 bits per heavy atom. The molecular weight excluding hydrogens is 346 g/mol. The van der Waals surface area contributed by atoms with Crippen molar-refractivity contribution in [2.75, 3.05) is 5.32 Å². The van der Waals surface area contributed by atoms with Gasteiger partial charge in [0.2, 0.25) is 5.91 Å². The van der Waals surface area contributed by atoms with Gasteiger partial charge in [-0.25, -0.2) is 0 Å². The predicted molar refractivity (Wildman–Crippen MR) is 112 cm³/mol. The lowest BCUT2D eigenvalue weighted by Gasteiger charge is -2.30. The molecule has 0 radical (unpaired) electrons. The Bertz CT molecular complexity index is 994. The van der Waals surface area contributed by atoms with E-state index in [4.69, 9.17) is 0 Å². The first-order valence-electron chi connectivity index (χ1n) is 9.43. The molecule has 0 saturated heterocycles. The fourth-order valence-corrected chi connectivity index (χ4v) is 3.79. The van der Waals surface area contributed by atoms with Crippen LogP contribution in [0.1, 0.15) is 23.5 Å². The smallest absolute Gasteiger partial charge is 0.235 e. The van der Waals surface area contributed by atoms with Crippen LogP contribution in [0.25, 0.3) is 5.57 Å². The molecule has 1 aliphatic rings. The van der Waals surface area contributed by atoms with Crippen molar-refractivity contribution >= 4 is 23.0 Å². The van der Waals surface area contributed by atoms with Crippen LogP contribution < -0.4 is 5.32 Å². The predicted octanol–water partition coefficient (Wildman–Crippen LogP) is 5.08. The van der Waals surface area contributed by atoms with Gasteiger partial charge >= 0.3 is 0 Å². The molecule has 0 saturated carbocycles. The van der Waals surface area contributed by atoms with Crippen LogP contribution in [-0.2, 0) is 9.59 Å². The van der Waals surface area contributed by atoms with Crippen LogP contribution in [0.15, 0.2) is 97.1 Å². The van der Waals surface area contributed by atoms with Gasteiger partial charge in [0.15, 0.2) is 5.78 Å². The van der Waals surface area contributed by atoms with Crippen molar-refractivity contribution in [2.45, 2.75) is 12.3 Å². The molecule has 1 aliphatic carbocycles. The number of amides is 1. The number of ketones is 1. The van der Waals surface area contributed by atoms with Crippen LogP contribution in [0.2, 0.25) is 0 Å². The van der Waals surface area contributed by atoms with E-state index in [1.807, 2.05) is 91.0 Å². The molecule has 0 heterocycles. The van der Waals surface area contributed by atoms with Crippen molar-refractivity contribution in [3.05, 3.63) is 108 Å². The third kappa shape index (κ3) is 3.79. The normalized spacial score (nSPS) is 19.0. The van der Waals surface area contributed by atoms with Crippen LogP contribution in [0.4, 0.5) is 5.69 Å². The average molecular weight is 367 g/mol. The van der Waals surface area contributed by atoms with E-state index in [1.165, 1.54) is 0 Å². The van der Waals surface area contributed by atoms with Gasteiger partial charge in [0.25, 0.3) is 0 Å². The summed E-state index contributed by atoms with van der Waals surface area (Å²) in [5, 5.41) is 2.91. The molecule has 3 aromatic carbocycles. The minimum Gasteiger partial charge on any atom is -0.325 e. The highest BCUT2D eigenvalue weighted by Gasteiger charge is 2.38. The topological polar surface area (TPSA) is 46.2 Å². The van der Waals surface area contributed by atoms with E-state index in [-0.39, 0.29) is 17.6 Å². The van der Waals surface area contributed by atoms with E-state index in [1.54, 1.807) is 6.08 Å². The van der Waals surface area contributed by atoms with Gasteiger partial charge in [0.1, 0.15) is 5.92 Å². The maximum atomic E-state index is 13.1. The van der Waals surface area contributed by atoms with Gasteiger partial charge in [0, 0.05) is 11.6 Å². The highest BCUT2D eigenvalue weighted by atomic mass is 16.2. The van der Waals surface area contributed by atoms with Crippen LogP contribution in [0, 0.1) is 5.92 Å². The molecule has 28 heavy (non-hydrogen) atoms. The second-order valence-electron chi connectivity index (χ2n) is 6.99. The lowest BCUT2D eigenvalue weighted by molar-refractivity contribution is -0.129. The van der Waals surface area contributed by atoms with Crippen LogP contribution in [0.5, 0.6) is 0 Å². The molecule has 3 nitrogen and oxygen atoms in total. The number of rotatable bonds is 4. The fraction of sp³-hybridized carbons (Fsp3) is 0.120. The van der Waals surface area contributed by atoms with Crippen molar-refractivity contribution in [3.63, 3.8) is 0 Å². The number of allylic oxidation sites excluding steroid dienone is 2. The monoisotopic (exact) mass is 367 g/mol. The zero-order valence-electron chi connectivity index (χ0n) is 15.4. The molecule has 1 N–H and O–H groups in total. The van der Waals surface area contributed by atoms with Crippen molar-refractivity contribution < 1.29 is 9.59 Å². The Morgan fingerprint density at radius 2 is 1.36 bits per heavy atom. The Hall–Kier alpha value is -3.46. The summed E-state index contributed by atoms with van der Waals surface area (Å²) in [6.07, 6.45) is 2.29. The van der Waals surface area contributed by atoms with Gasteiger partial charge in [-0.2, -0.15) is 0 Å². The molecule has 0 fully saturated rings. The van der Waals surface area contributed by atoms with E-state index < -0.39 is 5.92 Å². The standard InChI is InChI=1S/C25H21NO2/c27-23-17-20(18-10-4-1-5-11-18)16-22(19-12-6-2-7-13-19)24(23)25(28)26-21-14-8-3-9-15-21/h1-15,17,22,24H,16H2,(H,26,28). The molecule has 4 rings (SSSR count). The lowest BCUT2D eigenvalue weighted by Crippen LogP contribution is -2.36. The zero-order chi connectivity index (χ0) is 19.3. The van der Waals surface area contributed by atoms with Gasteiger partial charge in [0.05, 0.1) is 0 Å². The quantitative estimate of drug-likeness (QED) is 0.654. The number of nitrogens with one attached hydrogen (secondary N) is 1. The van der Waals surface area contributed by atoms with Gasteiger partial charge in [-0.05, 0) is 41.3 Å². The summed E-state index contributed by atoms with van der Waals surface area (Å²) in [5.74, 6) is -1.34. The van der Waals surface area contributed by atoms with Crippen molar-refractivity contribution in [1.29, 1.82) is 0 Å². The number of carbonyl (C=O) groups excluding carboxylic acids is 2. The molecular formula is C25H21NO2. The molecule has 0 bridgehead atoms. The largest absolute Gasteiger partial charge is 0.325 e. The maximum Gasteiger partial charge on any atom is 0.235 e. The van der Waals surface area contributed by atoms with Gasteiger partial charge < -0.3 is 5.32 Å². The number of anilines is 1. The van der Waals surface area contributed by atoms with E-state index in [0.29, 0.717) is 12.1 Å². The Morgan fingerprint density at radius 3 is 2.00 bits per heavy atom. The molecule has 3 aromatic rings. The van der Waals surface area contributed by atoms with E-state index in [2.05, 4.69) is 5.32 Å². The van der Waals surface area contributed by atoms with Crippen LogP contribution >= 0.6 is 0 Å². The number of hydrogen-bond donors (Lipinski definition) is 1. The van der Waals surface area contributed by atoms with Crippen LogP contribution in [-0.4, -0.2) is 11.7 Å². The van der Waals surface area contributed by atoms with Crippen molar-refractivity contribution in [2.24, 2.45) is 5.92 Å². The highest BCUT2D eigenvalue weighted by molar-refractivity contribution is 6.15. The van der Waals surface area contributed by atoms with E-state index in [0.717, 1.165) is 16.7 Å². The minimum absolute atomic E-state index is 0.146.